The van der Waals surface area contributed by atoms with Crippen molar-refractivity contribution in [3.05, 3.63) is 65.7 Å². The van der Waals surface area contributed by atoms with E-state index < -0.39 is 0 Å². The van der Waals surface area contributed by atoms with Crippen molar-refractivity contribution < 1.29 is 14.3 Å². The largest absolute Gasteiger partial charge is 0.490 e. The van der Waals surface area contributed by atoms with Crippen LogP contribution in [0.4, 0.5) is 0 Å². The van der Waals surface area contributed by atoms with Crippen molar-refractivity contribution in [3.63, 3.8) is 0 Å². The van der Waals surface area contributed by atoms with Gasteiger partial charge in [-0.2, -0.15) is 0 Å². The first-order valence-electron chi connectivity index (χ1n) is 12.6. The van der Waals surface area contributed by atoms with Gasteiger partial charge in [-0.3, -0.25) is 4.79 Å². The molecular formula is C28H38N2O3. The van der Waals surface area contributed by atoms with Gasteiger partial charge >= 0.3 is 0 Å². The molecule has 4 rings (SSSR count). The molecule has 2 heterocycles. The molecule has 0 unspecified atom stereocenters. The van der Waals surface area contributed by atoms with Crippen molar-refractivity contribution in [2.24, 2.45) is 0 Å². The van der Waals surface area contributed by atoms with Crippen LogP contribution in [-0.4, -0.2) is 67.2 Å². The summed E-state index contributed by atoms with van der Waals surface area (Å²) < 4.78 is 12.1. The van der Waals surface area contributed by atoms with Crippen molar-refractivity contribution in [2.75, 3.05) is 39.3 Å². The maximum absolute atomic E-state index is 12.9. The quantitative estimate of drug-likeness (QED) is 0.550. The molecule has 2 aromatic carbocycles. The Morgan fingerprint density at radius 3 is 2.42 bits per heavy atom. The lowest BCUT2D eigenvalue weighted by Crippen LogP contribution is -2.43. The smallest absolute Gasteiger partial charge is 0.253 e. The minimum absolute atomic E-state index is 0.0954. The number of likely N-dealkylation sites (tertiary alicyclic amines) is 2. The first kappa shape index (κ1) is 23.8. The van der Waals surface area contributed by atoms with Crippen LogP contribution in [0.15, 0.2) is 54.6 Å². The van der Waals surface area contributed by atoms with Gasteiger partial charge in [-0.1, -0.05) is 37.3 Å². The monoisotopic (exact) mass is 450 g/mol. The highest BCUT2D eigenvalue weighted by molar-refractivity contribution is 5.94. The van der Waals surface area contributed by atoms with E-state index in [1.54, 1.807) is 0 Å². The van der Waals surface area contributed by atoms with Crippen molar-refractivity contribution in [1.29, 1.82) is 0 Å². The van der Waals surface area contributed by atoms with E-state index in [9.17, 15) is 4.79 Å². The van der Waals surface area contributed by atoms with Gasteiger partial charge in [0.25, 0.3) is 5.91 Å². The molecule has 0 N–H and O–H groups in total. The topological polar surface area (TPSA) is 42.0 Å². The van der Waals surface area contributed by atoms with Crippen LogP contribution in [0, 0.1) is 0 Å². The van der Waals surface area contributed by atoms with Crippen LogP contribution in [0.2, 0.25) is 0 Å². The van der Waals surface area contributed by atoms with Gasteiger partial charge in [0.15, 0.2) is 0 Å². The summed E-state index contributed by atoms with van der Waals surface area (Å²) >= 11 is 0. The Morgan fingerprint density at radius 2 is 1.70 bits per heavy atom. The molecule has 33 heavy (non-hydrogen) atoms. The molecule has 5 nitrogen and oxygen atoms in total. The zero-order valence-electron chi connectivity index (χ0n) is 20.0. The van der Waals surface area contributed by atoms with Gasteiger partial charge in [-0.25, -0.2) is 0 Å². The van der Waals surface area contributed by atoms with Gasteiger partial charge in [-0.15, -0.1) is 0 Å². The van der Waals surface area contributed by atoms with Crippen LogP contribution in [0.25, 0.3) is 0 Å². The SMILES string of the molecule is CCCO[C@H]1CCCN(C(=O)c2ccc(OC3CCN(CCc4ccccc4)CC3)cc2)C1. The number of ether oxygens (including phenoxy) is 2. The number of hydrogen-bond acceptors (Lipinski definition) is 4. The van der Waals surface area contributed by atoms with Gasteiger partial charge in [0, 0.05) is 44.9 Å². The van der Waals surface area contributed by atoms with E-state index in [1.165, 1.54) is 5.56 Å². The van der Waals surface area contributed by atoms with Gasteiger partial charge in [0.2, 0.25) is 0 Å². The molecule has 0 aromatic heterocycles. The fraction of sp³-hybridized carbons (Fsp3) is 0.536. The summed E-state index contributed by atoms with van der Waals surface area (Å²) in [7, 11) is 0. The lowest BCUT2D eigenvalue weighted by Gasteiger charge is -2.33. The number of carbonyl (C=O) groups is 1. The van der Waals surface area contributed by atoms with E-state index >= 15 is 0 Å². The Balaban J connectivity index is 1.21. The van der Waals surface area contributed by atoms with Crippen LogP contribution >= 0.6 is 0 Å². The molecule has 2 saturated heterocycles. The third-order valence-corrected chi connectivity index (χ3v) is 6.72. The summed E-state index contributed by atoms with van der Waals surface area (Å²) in [6.07, 6.45) is 6.67. The van der Waals surface area contributed by atoms with E-state index in [2.05, 4.69) is 42.2 Å². The van der Waals surface area contributed by atoms with Gasteiger partial charge in [0.05, 0.1) is 6.10 Å². The van der Waals surface area contributed by atoms with Crippen LogP contribution in [-0.2, 0) is 11.2 Å². The molecule has 0 saturated carbocycles. The molecule has 1 atom stereocenters. The lowest BCUT2D eigenvalue weighted by molar-refractivity contribution is 0.00211. The van der Waals surface area contributed by atoms with E-state index in [4.69, 9.17) is 9.47 Å². The van der Waals surface area contributed by atoms with Crippen LogP contribution in [0.5, 0.6) is 5.75 Å². The number of rotatable bonds is 9. The maximum atomic E-state index is 12.9. The Bertz CT molecular complexity index is 847. The molecule has 0 aliphatic carbocycles. The fourth-order valence-corrected chi connectivity index (χ4v) is 4.78. The number of nitrogens with zero attached hydrogens (tertiary/aromatic N) is 2. The van der Waals surface area contributed by atoms with Crippen LogP contribution in [0.1, 0.15) is 54.9 Å². The summed E-state index contributed by atoms with van der Waals surface area (Å²) in [5.41, 5.74) is 2.13. The summed E-state index contributed by atoms with van der Waals surface area (Å²) in [6.45, 7) is 7.64. The summed E-state index contributed by atoms with van der Waals surface area (Å²) in [4.78, 5) is 17.4. The highest BCUT2D eigenvalue weighted by Crippen LogP contribution is 2.22. The molecule has 0 spiro atoms. The molecular weight excluding hydrogens is 412 g/mol. The predicted molar refractivity (Wildman–Crippen MR) is 132 cm³/mol. The Kier molecular flexibility index (Phi) is 8.79. The molecule has 178 valence electrons. The second kappa shape index (κ2) is 12.2. The van der Waals surface area contributed by atoms with E-state index in [1.807, 2.05) is 29.2 Å². The molecule has 0 bridgehead atoms. The molecule has 2 fully saturated rings. The van der Waals surface area contributed by atoms with Crippen molar-refractivity contribution in [3.8, 4) is 5.75 Å². The minimum Gasteiger partial charge on any atom is -0.490 e. The number of amides is 1. The third kappa shape index (κ3) is 7.05. The van der Waals surface area contributed by atoms with Gasteiger partial charge in [-0.05, 0) is 68.4 Å². The molecule has 0 radical (unpaired) electrons. The minimum atomic E-state index is 0.0954. The summed E-state index contributed by atoms with van der Waals surface area (Å²) in [5.74, 6) is 0.954. The van der Waals surface area contributed by atoms with Gasteiger partial charge in [0.1, 0.15) is 11.9 Å². The second-order valence-electron chi connectivity index (χ2n) is 9.31. The lowest BCUT2D eigenvalue weighted by atomic mass is 10.1. The Morgan fingerprint density at radius 1 is 0.939 bits per heavy atom. The van der Waals surface area contributed by atoms with Crippen LogP contribution < -0.4 is 4.74 Å². The molecule has 2 aliphatic heterocycles. The normalized spacial score (nSPS) is 20.0. The van der Waals surface area contributed by atoms with E-state index in [-0.39, 0.29) is 18.1 Å². The average molecular weight is 451 g/mol. The highest BCUT2D eigenvalue weighted by atomic mass is 16.5. The van der Waals surface area contributed by atoms with Crippen molar-refractivity contribution >= 4 is 5.91 Å². The number of benzene rings is 2. The zero-order chi connectivity index (χ0) is 22.9. The van der Waals surface area contributed by atoms with E-state index in [0.29, 0.717) is 6.54 Å². The van der Waals surface area contributed by atoms with Gasteiger partial charge < -0.3 is 19.3 Å². The number of carbonyl (C=O) groups excluding carboxylic acids is 1. The standard InChI is InChI=1S/C28H38N2O3/c1-2-21-32-27-9-6-17-30(22-27)28(31)24-10-12-25(13-11-24)33-26-15-19-29(20-16-26)18-14-23-7-4-3-5-8-23/h3-5,7-8,10-13,26-27H,2,6,9,14-22H2,1H3/t27-/m0/s1. The number of piperidine rings is 2. The zero-order valence-corrected chi connectivity index (χ0v) is 20.0. The first-order valence-corrected chi connectivity index (χ1v) is 12.6. The van der Waals surface area contributed by atoms with Crippen molar-refractivity contribution in [1.82, 2.24) is 9.80 Å². The third-order valence-electron chi connectivity index (χ3n) is 6.72. The number of hydrogen-bond donors (Lipinski definition) is 0. The Labute approximate surface area is 198 Å². The molecule has 2 aliphatic rings. The molecule has 2 aromatic rings. The first-order chi connectivity index (χ1) is 16.2. The average Bonchev–Trinajstić information content (AvgIpc) is 2.88. The Hall–Kier alpha value is -2.37. The highest BCUT2D eigenvalue weighted by Gasteiger charge is 2.25. The molecule has 1 amide bonds. The predicted octanol–water partition coefficient (Wildman–Crippen LogP) is 4.80. The van der Waals surface area contributed by atoms with Crippen molar-refractivity contribution in [2.45, 2.75) is 57.7 Å². The summed E-state index contributed by atoms with van der Waals surface area (Å²) in [6, 6.07) is 18.4. The summed E-state index contributed by atoms with van der Waals surface area (Å²) in [5, 5.41) is 0. The fourth-order valence-electron chi connectivity index (χ4n) is 4.78. The second-order valence-corrected chi connectivity index (χ2v) is 9.31. The maximum Gasteiger partial charge on any atom is 0.253 e. The van der Waals surface area contributed by atoms with E-state index in [0.717, 1.165) is 82.6 Å². The van der Waals surface area contributed by atoms with Crippen LogP contribution in [0.3, 0.4) is 0 Å². The molecule has 5 heteroatoms.